The smallest absolute Gasteiger partial charge is 0.351 e. The lowest BCUT2D eigenvalue weighted by Gasteiger charge is -2.24. The summed E-state index contributed by atoms with van der Waals surface area (Å²) < 4.78 is 15.9. The molecule has 0 bridgehead atoms. The Hall–Kier alpha value is -2.80. The number of esters is 1. The fourth-order valence-electron chi connectivity index (χ4n) is 1.99. The highest BCUT2D eigenvalue weighted by molar-refractivity contribution is 6.30. The Morgan fingerprint density at radius 3 is 2.79 bits per heavy atom. The van der Waals surface area contributed by atoms with E-state index in [0.717, 1.165) is 0 Å². The molecule has 1 amide bonds. The van der Waals surface area contributed by atoms with Crippen molar-refractivity contribution in [2.45, 2.75) is 6.10 Å². The average Bonchev–Trinajstić information content (AvgIpc) is 2.61. The molecule has 0 saturated heterocycles. The first-order valence-corrected chi connectivity index (χ1v) is 7.46. The molecule has 1 aliphatic heterocycles. The normalized spacial score (nSPS) is 15.5. The second kappa shape index (κ2) is 7.18. The number of hydrogen-bond acceptors (Lipinski definition) is 6. The van der Waals surface area contributed by atoms with Gasteiger partial charge in [-0.1, -0.05) is 23.7 Å². The van der Waals surface area contributed by atoms with Crippen molar-refractivity contribution in [3.8, 4) is 11.5 Å². The number of hydrogen-bond donors (Lipinski definition) is 1. The standard InChI is InChI=1S/C16H13ClN2O5/c17-10-5-6-14(18-7-10)19-15(20)9-23-16(21)13-8-22-11-3-1-2-4-12(11)24-13/h1-7,13H,8-9H2,(H,18,19,20). The number of pyridine rings is 1. The van der Waals surface area contributed by atoms with E-state index in [4.69, 9.17) is 25.8 Å². The van der Waals surface area contributed by atoms with E-state index in [9.17, 15) is 9.59 Å². The van der Waals surface area contributed by atoms with Crippen LogP contribution in [0.1, 0.15) is 0 Å². The summed E-state index contributed by atoms with van der Waals surface area (Å²) in [6.07, 6.45) is 0.481. The number of anilines is 1. The van der Waals surface area contributed by atoms with Gasteiger partial charge in [0.05, 0.1) is 5.02 Å². The monoisotopic (exact) mass is 348 g/mol. The van der Waals surface area contributed by atoms with Gasteiger partial charge in [-0.15, -0.1) is 0 Å². The van der Waals surface area contributed by atoms with Crippen LogP contribution in [-0.2, 0) is 14.3 Å². The van der Waals surface area contributed by atoms with Crippen LogP contribution in [0.4, 0.5) is 5.82 Å². The number of ether oxygens (including phenoxy) is 3. The van der Waals surface area contributed by atoms with Crippen molar-refractivity contribution in [2.75, 3.05) is 18.5 Å². The molecule has 24 heavy (non-hydrogen) atoms. The summed E-state index contributed by atoms with van der Waals surface area (Å²) in [7, 11) is 0. The van der Waals surface area contributed by atoms with Gasteiger partial charge in [0.25, 0.3) is 5.91 Å². The quantitative estimate of drug-likeness (QED) is 0.851. The molecule has 124 valence electrons. The summed E-state index contributed by atoms with van der Waals surface area (Å²) in [6, 6.07) is 10.1. The van der Waals surface area contributed by atoms with Crippen molar-refractivity contribution in [2.24, 2.45) is 0 Å². The largest absolute Gasteiger partial charge is 0.485 e. The fourth-order valence-corrected chi connectivity index (χ4v) is 2.11. The molecule has 2 heterocycles. The topological polar surface area (TPSA) is 86.8 Å². The van der Waals surface area contributed by atoms with Crippen LogP contribution in [0.5, 0.6) is 11.5 Å². The molecule has 0 saturated carbocycles. The van der Waals surface area contributed by atoms with Gasteiger partial charge in [-0.25, -0.2) is 9.78 Å². The zero-order valence-electron chi connectivity index (χ0n) is 12.4. The number of fused-ring (bicyclic) bond motifs is 1. The van der Waals surface area contributed by atoms with Crippen LogP contribution < -0.4 is 14.8 Å². The van der Waals surface area contributed by atoms with Crippen LogP contribution in [0.3, 0.4) is 0 Å². The molecular formula is C16H13ClN2O5. The number of aromatic nitrogens is 1. The number of para-hydroxylation sites is 2. The molecule has 0 spiro atoms. The third kappa shape index (κ3) is 3.94. The number of carbonyl (C=O) groups is 2. The van der Waals surface area contributed by atoms with Crippen LogP contribution in [0.25, 0.3) is 0 Å². The number of benzene rings is 1. The van der Waals surface area contributed by atoms with Crippen molar-refractivity contribution in [1.29, 1.82) is 0 Å². The molecule has 1 atom stereocenters. The van der Waals surface area contributed by atoms with E-state index in [2.05, 4.69) is 10.3 Å². The van der Waals surface area contributed by atoms with Gasteiger partial charge in [0.15, 0.2) is 18.1 Å². The molecule has 1 aliphatic rings. The number of halogens is 1. The summed E-state index contributed by atoms with van der Waals surface area (Å²) >= 11 is 5.70. The molecule has 1 aromatic heterocycles. The van der Waals surface area contributed by atoms with Gasteiger partial charge in [0.1, 0.15) is 12.4 Å². The molecule has 0 fully saturated rings. The molecular weight excluding hydrogens is 336 g/mol. The maximum Gasteiger partial charge on any atom is 0.351 e. The first-order chi connectivity index (χ1) is 11.6. The molecule has 1 unspecified atom stereocenters. The maximum atomic E-state index is 12.0. The Balaban J connectivity index is 1.49. The lowest BCUT2D eigenvalue weighted by Crippen LogP contribution is -2.39. The summed E-state index contributed by atoms with van der Waals surface area (Å²) in [5.41, 5.74) is 0. The van der Waals surface area contributed by atoms with E-state index >= 15 is 0 Å². The average molecular weight is 349 g/mol. The van der Waals surface area contributed by atoms with E-state index in [-0.39, 0.29) is 6.61 Å². The molecule has 7 nitrogen and oxygen atoms in total. The Kier molecular flexibility index (Phi) is 4.81. The highest BCUT2D eigenvalue weighted by Gasteiger charge is 2.29. The summed E-state index contributed by atoms with van der Waals surface area (Å²) in [6.45, 7) is -0.430. The van der Waals surface area contributed by atoms with Crippen molar-refractivity contribution >= 4 is 29.3 Å². The SMILES string of the molecule is O=C(COC(=O)C1COc2ccccc2O1)Nc1ccc(Cl)cn1. The van der Waals surface area contributed by atoms with Crippen molar-refractivity contribution in [3.05, 3.63) is 47.6 Å². The minimum atomic E-state index is -0.915. The van der Waals surface area contributed by atoms with Gasteiger partial charge < -0.3 is 19.5 Å². The van der Waals surface area contributed by atoms with E-state index in [1.807, 2.05) is 0 Å². The highest BCUT2D eigenvalue weighted by Crippen LogP contribution is 2.31. The van der Waals surface area contributed by atoms with Gasteiger partial charge in [-0.05, 0) is 24.3 Å². The fraction of sp³-hybridized carbons (Fsp3) is 0.188. The van der Waals surface area contributed by atoms with Crippen molar-refractivity contribution in [3.63, 3.8) is 0 Å². The number of nitrogens with zero attached hydrogens (tertiary/aromatic N) is 1. The van der Waals surface area contributed by atoms with E-state index in [1.165, 1.54) is 12.3 Å². The first kappa shape index (κ1) is 16.1. The Bertz CT molecular complexity index is 750. The Morgan fingerprint density at radius 2 is 2.04 bits per heavy atom. The highest BCUT2D eigenvalue weighted by atomic mass is 35.5. The first-order valence-electron chi connectivity index (χ1n) is 7.08. The van der Waals surface area contributed by atoms with Crippen LogP contribution >= 0.6 is 11.6 Å². The van der Waals surface area contributed by atoms with Crippen LogP contribution in [0, 0.1) is 0 Å². The van der Waals surface area contributed by atoms with Crippen LogP contribution in [-0.4, -0.2) is 36.2 Å². The number of nitrogens with one attached hydrogen (secondary N) is 1. The minimum Gasteiger partial charge on any atom is -0.485 e. The number of carbonyl (C=O) groups excluding carboxylic acids is 2. The van der Waals surface area contributed by atoms with Gasteiger partial charge >= 0.3 is 5.97 Å². The zero-order chi connectivity index (χ0) is 16.9. The molecule has 1 N–H and O–H groups in total. The molecule has 2 aromatic rings. The number of rotatable bonds is 4. The molecule has 8 heteroatoms. The lowest BCUT2D eigenvalue weighted by molar-refractivity contribution is -0.156. The third-order valence-corrected chi connectivity index (χ3v) is 3.34. The lowest BCUT2D eigenvalue weighted by atomic mass is 10.2. The summed E-state index contributed by atoms with van der Waals surface area (Å²) in [5.74, 6) is 0.138. The predicted octanol–water partition coefficient (Wildman–Crippen LogP) is 2.06. The van der Waals surface area contributed by atoms with Gasteiger partial charge in [0.2, 0.25) is 6.10 Å². The van der Waals surface area contributed by atoms with Crippen molar-refractivity contribution in [1.82, 2.24) is 4.98 Å². The molecule has 1 aromatic carbocycles. The summed E-state index contributed by atoms with van der Waals surface area (Å²) in [4.78, 5) is 27.6. The van der Waals surface area contributed by atoms with Crippen LogP contribution in [0.15, 0.2) is 42.6 Å². The third-order valence-electron chi connectivity index (χ3n) is 3.11. The minimum absolute atomic E-state index is 0.0240. The second-order valence-corrected chi connectivity index (χ2v) is 5.32. The van der Waals surface area contributed by atoms with E-state index in [1.54, 1.807) is 30.3 Å². The van der Waals surface area contributed by atoms with Gasteiger partial charge in [-0.3, -0.25) is 4.79 Å². The Morgan fingerprint density at radius 1 is 1.25 bits per heavy atom. The zero-order valence-corrected chi connectivity index (χ0v) is 13.2. The maximum absolute atomic E-state index is 12.0. The molecule has 0 radical (unpaired) electrons. The van der Waals surface area contributed by atoms with Crippen molar-refractivity contribution < 1.29 is 23.8 Å². The number of amides is 1. The molecule has 0 aliphatic carbocycles. The van der Waals surface area contributed by atoms with E-state index < -0.39 is 24.6 Å². The second-order valence-electron chi connectivity index (χ2n) is 4.88. The summed E-state index contributed by atoms with van der Waals surface area (Å²) in [5, 5.41) is 2.94. The van der Waals surface area contributed by atoms with E-state index in [0.29, 0.717) is 22.3 Å². The predicted molar refractivity (Wildman–Crippen MR) is 85.2 cm³/mol. The van der Waals surface area contributed by atoms with Gasteiger partial charge in [0, 0.05) is 6.20 Å². The van der Waals surface area contributed by atoms with Gasteiger partial charge in [-0.2, -0.15) is 0 Å². The Labute approximate surface area is 142 Å². The molecule has 3 rings (SSSR count). The van der Waals surface area contributed by atoms with Crippen LogP contribution in [0.2, 0.25) is 5.02 Å².